The minimum atomic E-state index is 0.536. The van der Waals surface area contributed by atoms with Gasteiger partial charge in [0.15, 0.2) is 6.29 Å². The van der Waals surface area contributed by atoms with Crippen LogP contribution < -0.4 is 0 Å². The predicted octanol–water partition coefficient (Wildman–Crippen LogP) is 3.64. The first-order valence-corrected chi connectivity index (χ1v) is 5.58. The van der Waals surface area contributed by atoms with E-state index in [1.807, 2.05) is 6.07 Å². The van der Waals surface area contributed by atoms with E-state index in [1.54, 1.807) is 11.3 Å². The summed E-state index contributed by atoms with van der Waals surface area (Å²) in [5.41, 5.74) is 0.899. The molecule has 0 fully saturated rings. The van der Waals surface area contributed by atoms with Gasteiger partial charge in [0.2, 0.25) is 0 Å². The minimum Gasteiger partial charge on any atom is -0.298 e. The minimum absolute atomic E-state index is 0.536. The number of rotatable bonds is 4. The molecule has 1 nitrogen and oxygen atoms in total. The lowest BCUT2D eigenvalue weighted by Gasteiger charge is -1.97. The molecule has 2 heteroatoms. The molecule has 0 aromatic carbocycles. The number of carbonyl (C=O) groups is 1. The molecule has 0 unspecified atom stereocenters. The highest BCUT2D eigenvalue weighted by atomic mass is 32.1. The van der Waals surface area contributed by atoms with Crippen molar-refractivity contribution in [3.8, 4) is 0 Å². The van der Waals surface area contributed by atoms with Gasteiger partial charge in [-0.05, 0) is 18.4 Å². The van der Waals surface area contributed by atoms with Gasteiger partial charge in [-0.25, -0.2) is 0 Å². The highest BCUT2D eigenvalue weighted by molar-refractivity contribution is 7.12. The number of thiophene rings is 1. The first-order valence-electron chi connectivity index (χ1n) is 4.76. The fourth-order valence-electron chi connectivity index (χ4n) is 1.27. The number of aldehydes is 1. The Balaban J connectivity index is 2.96. The second kappa shape index (κ2) is 4.56. The Hall–Kier alpha value is -0.630. The molecule has 0 N–H and O–H groups in total. The van der Waals surface area contributed by atoms with Gasteiger partial charge >= 0.3 is 0 Å². The Bertz CT molecular complexity index is 286. The average Bonchev–Trinajstić information content (AvgIpc) is 2.48. The van der Waals surface area contributed by atoms with Crippen molar-refractivity contribution >= 4 is 17.6 Å². The van der Waals surface area contributed by atoms with E-state index in [0.717, 1.165) is 24.7 Å². The molecular weight excluding hydrogens is 180 g/mol. The molecule has 0 saturated carbocycles. The molecule has 1 aromatic heterocycles. The van der Waals surface area contributed by atoms with Gasteiger partial charge in [-0.1, -0.05) is 27.2 Å². The van der Waals surface area contributed by atoms with Crippen molar-refractivity contribution in [3.63, 3.8) is 0 Å². The highest BCUT2D eigenvalue weighted by Crippen LogP contribution is 2.28. The van der Waals surface area contributed by atoms with Gasteiger partial charge in [0.05, 0.1) is 0 Å². The number of hydrogen-bond acceptors (Lipinski definition) is 2. The third kappa shape index (κ3) is 2.41. The zero-order valence-corrected chi connectivity index (χ0v) is 9.28. The molecule has 0 saturated heterocycles. The van der Waals surface area contributed by atoms with Crippen LogP contribution in [0.4, 0.5) is 0 Å². The van der Waals surface area contributed by atoms with Crippen molar-refractivity contribution in [1.82, 2.24) is 0 Å². The molecule has 1 rings (SSSR count). The van der Waals surface area contributed by atoms with E-state index in [-0.39, 0.29) is 0 Å². The summed E-state index contributed by atoms with van der Waals surface area (Å²) in [4.78, 5) is 13.3. The quantitative estimate of drug-likeness (QED) is 0.672. The van der Waals surface area contributed by atoms with Crippen LogP contribution in [0.5, 0.6) is 0 Å². The van der Waals surface area contributed by atoms with Crippen LogP contribution in [0.15, 0.2) is 6.07 Å². The molecule has 0 aliphatic rings. The van der Waals surface area contributed by atoms with E-state index >= 15 is 0 Å². The fraction of sp³-hybridized carbons (Fsp3) is 0.545. The van der Waals surface area contributed by atoms with Gasteiger partial charge in [0.1, 0.15) is 0 Å². The van der Waals surface area contributed by atoms with Gasteiger partial charge in [0, 0.05) is 15.3 Å². The molecule has 72 valence electrons. The Kier molecular flexibility index (Phi) is 3.67. The van der Waals surface area contributed by atoms with Crippen LogP contribution in [-0.2, 0) is 6.42 Å². The molecule has 0 radical (unpaired) electrons. The summed E-state index contributed by atoms with van der Waals surface area (Å²) >= 11 is 1.79. The summed E-state index contributed by atoms with van der Waals surface area (Å²) in [5, 5.41) is 0. The average molecular weight is 196 g/mol. The molecule has 1 aromatic rings. The Morgan fingerprint density at radius 3 is 2.69 bits per heavy atom. The first kappa shape index (κ1) is 10.5. The summed E-state index contributed by atoms with van der Waals surface area (Å²) in [7, 11) is 0. The third-order valence-corrected chi connectivity index (χ3v) is 3.55. The molecule has 0 aliphatic carbocycles. The van der Waals surface area contributed by atoms with Gasteiger partial charge in [0.25, 0.3) is 0 Å². The van der Waals surface area contributed by atoms with E-state index in [1.165, 1.54) is 9.75 Å². The van der Waals surface area contributed by atoms with E-state index in [2.05, 4.69) is 20.8 Å². The standard InChI is InChI=1S/C11H16OS/c1-4-5-10-9(7-12)6-11(13-10)8(2)3/h6-8H,4-5H2,1-3H3. The fourth-order valence-corrected chi connectivity index (χ4v) is 2.51. The van der Waals surface area contributed by atoms with E-state index in [9.17, 15) is 4.79 Å². The Morgan fingerprint density at radius 1 is 1.54 bits per heavy atom. The van der Waals surface area contributed by atoms with Crippen LogP contribution in [0, 0.1) is 0 Å². The van der Waals surface area contributed by atoms with Gasteiger partial charge in [-0.2, -0.15) is 0 Å². The van der Waals surface area contributed by atoms with Crippen LogP contribution in [0.1, 0.15) is 53.2 Å². The second-order valence-corrected chi connectivity index (χ2v) is 4.72. The van der Waals surface area contributed by atoms with Gasteiger partial charge in [-0.15, -0.1) is 11.3 Å². The van der Waals surface area contributed by atoms with Crippen molar-refractivity contribution in [1.29, 1.82) is 0 Å². The largest absolute Gasteiger partial charge is 0.298 e. The molecule has 0 atom stereocenters. The zero-order chi connectivity index (χ0) is 9.84. The highest BCUT2D eigenvalue weighted by Gasteiger charge is 2.09. The molecule has 1 heterocycles. The maximum absolute atomic E-state index is 10.7. The van der Waals surface area contributed by atoms with Crippen LogP contribution in [0.2, 0.25) is 0 Å². The smallest absolute Gasteiger partial charge is 0.151 e. The molecule has 0 aliphatic heterocycles. The van der Waals surface area contributed by atoms with Crippen LogP contribution in [0.25, 0.3) is 0 Å². The molecule has 13 heavy (non-hydrogen) atoms. The van der Waals surface area contributed by atoms with Crippen LogP contribution >= 0.6 is 11.3 Å². The summed E-state index contributed by atoms with van der Waals surface area (Å²) < 4.78 is 0. The second-order valence-electron chi connectivity index (χ2n) is 3.55. The third-order valence-electron chi connectivity index (χ3n) is 2.03. The summed E-state index contributed by atoms with van der Waals surface area (Å²) in [6.45, 7) is 6.47. The lowest BCUT2D eigenvalue weighted by Crippen LogP contribution is -1.83. The van der Waals surface area contributed by atoms with Crippen molar-refractivity contribution < 1.29 is 4.79 Å². The Morgan fingerprint density at radius 2 is 2.23 bits per heavy atom. The molecule has 0 spiro atoms. The summed E-state index contributed by atoms with van der Waals surface area (Å²) in [5.74, 6) is 0.536. The van der Waals surface area contributed by atoms with Crippen LogP contribution in [0.3, 0.4) is 0 Å². The lowest BCUT2D eigenvalue weighted by molar-refractivity contribution is 0.112. The topological polar surface area (TPSA) is 17.1 Å². The summed E-state index contributed by atoms with van der Waals surface area (Å²) in [6, 6.07) is 2.04. The molecule has 0 bridgehead atoms. The maximum atomic E-state index is 10.7. The van der Waals surface area contributed by atoms with Gasteiger partial charge in [-0.3, -0.25) is 4.79 Å². The number of hydrogen-bond donors (Lipinski definition) is 0. The van der Waals surface area contributed by atoms with E-state index in [4.69, 9.17) is 0 Å². The van der Waals surface area contributed by atoms with Crippen molar-refractivity contribution in [3.05, 3.63) is 21.4 Å². The SMILES string of the molecule is CCCc1sc(C(C)C)cc1C=O. The number of aryl methyl sites for hydroxylation is 1. The molecule has 0 amide bonds. The number of carbonyl (C=O) groups excluding carboxylic acids is 1. The van der Waals surface area contributed by atoms with Gasteiger partial charge < -0.3 is 0 Å². The van der Waals surface area contributed by atoms with Crippen LogP contribution in [-0.4, -0.2) is 6.29 Å². The van der Waals surface area contributed by atoms with Crippen molar-refractivity contribution in [2.45, 2.75) is 39.5 Å². The zero-order valence-electron chi connectivity index (χ0n) is 8.46. The van der Waals surface area contributed by atoms with E-state index < -0.39 is 0 Å². The van der Waals surface area contributed by atoms with E-state index in [0.29, 0.717) is 5.92 Å². The monoisotopic (exact) mass is 196 g/mol. The summed E-state index contributed by atoms with van der Waals surface area (Å²) in [6.07, 6.45) is 3.12. The molecular formula is C11H16OS. The predicted molar refractivity (Wildman–Crippen MR) is 57.8 cm³/mol. The van der Waals surface area contributed by atoms with Crippen molar-refractivity contribution in [2.75, 3.05) is 0 Å². The Labute approximate surface area is 83.8 Å². The lowest BCUT2D eigenvalue weighted by atomic mass is 10.1. The normalized spacial score (nSPS) is 10.8. The van der Waals surface area contributed by atoms with Crippen molar-refractivity contribution in [2.24, 2.45) is 0 Å². The maximum Gasteiger partial charge on any atom is 0.151 e. The first-order chi connectivity index (χ1) is 6.19.